The van der Waals surface area contributed by atoms with E-state index in [1.807, 2.05) is 23.7 Å². The molecule has 2 heterocycles. The lowest BCUT2D eigenvalue weighted by Crippen LogP contribution is -2.19. The molecule has 0 unspecified atom stereocenters. The molecule has 0 fully saturated rings. The van der Waals surface area contributed by atoms with Gasteiger partial charge in [-0.25, -0.2) is 0 Å². The van der Waals surface area contributed by atoms with Gasteiger partial charge in [0.25, 0.3) is 0 Å². The highest BCUT2D eigenvalue weighted by atomic mass is 32.1. The molecule has 2 heteroatoms. The summed E-state index contributed by atoms with van der Waals surface area (Å²) in [5, 5.41) is 1.33. The summed E-state index contributed by atoms with van der Waals surface area (Å²) < 4.78 is 1.36. The van der Waals surface area contributed by atoms with E-state index >= 15 is 0 Å². The Bertz CT molecular complexity index is 538. The largest absolute Gasteiger partial charge is 0.264 e. The van der Waals surface area contributed by atoms with Crippen LogP contribution in [0.5, 0.6) is 0 Å². The normalized spacial score (nSPS) is 13.3. The number of aromatic nitrogens is 1. The standard InChI is InChI=1S/C15H21NS/c1-14(2,3)12-10-9-16-8-7-11(10)17-13(12)15(4,5)6/h7-9H,1-6H3. The van der Waals surface area contributed by atoms with Crippen LogP contribution in [0.1, 0.15) is 52.0 Å². The van der Waals surface area contributed by atoms with Gasteiger partial charge < -0.3 is 0 Å². The molecule has 2 aromatic heterocycles. The Morgan fingerprint density at radius 1 is 1.00 bits per heavy atom. The van der Waals surface area contributed by atoms with E-state index in [2.05, 4.69) is 52.6 Å². The lowest BCUT2D eigenvalue weighted by Gasteiger charge is -2.26. The Morgan fingerprint density at radius 2 is 1.65 bits per heavy atom. The molecule has 92 valence electrons. The summed E-state index contributed by atoms with van der Waals surface area (Å²) in [6.45, 7) is 13.7. The molecule has 0 aromatic carbocycles. The van der Waals surface area contributed by atoms with Crippen LogP contribution in [0.3, 0.4) is 0 Å². The summed E-state index contributed by atoms with van der Waals surface area (Å²) in [6.07, 6.45) is 3.90. The number of hydrogen-bond donors (Lipinski definition) is 0. The first-order chi connectivity index (χ1) is 7.71. The maximum absolute atomic E-state index is 4.29. The first kappa shape index (κ1) is 12.6. The maximum atomic E-state index is 4.29. The fourth-order valence-electron chi connectivity index (χ4n) is 2.21. The zero-order chi connectivity index (χ0) is 12.8. The van der Waals surface area contributed by atoms with Crippen LogP contribution in [0.25, 0.3) is 10.1 Å². The van der Waals surface area contributed by atoms with Crippen LogP contribution >= 0.6 is 11.3 Å². The number of pyridine rings is 1. The molecule has 0 saturated carbocycles. The molecule has 0 amide bonds. The average Bonchev–Trinajstić information content (AvgIpc) is 2.54. The van der Waals surface area contributed by atoms with Crippen LogP contribution in [-0.4, -0.2) is 4.98 Å². The molecule has 0 radical (unpaired) electrons. The van der Waals surface area contributed by atoms with E-state index < -0.39 is 0 Å². The van der Waals surface area contributed by atoms with Gasteiger partial charge in [0.1, 0.15) is 0 Å². The summed E-state index contributed by atoms with van der Waals surface area (Å²) in [5.41, 5.74) is 1.84. The van der Waals surface area contributed by atoms with Gasteiger partial charge in [-0.3, -0.25) is 4.98 Å². The second-order valence-corrected chi connectivity index (χ2v) is 7.73. The van der Waals surface area contributed by atoms with Gasteiger partial charge in [-0.05, 0) is 22.5 Å². The Balaban J connectivity index is 2.84. The van der Waals surface area contributed by atoms with Crippen LogP contribution in [0, 0.1) is 0 Å². The average molecular weight is 247 g/mol. The van der Waals surface area contributed by atoms with Crippen LogP contribution < -0.4 is 0 Å². The SMILES string of the molecule is CC(C)(C)c1sc2ccncc2c1C(C)(C)C. The lowest BCUT2D eigenvalue weighted by atomic mass is 9.79. The van der Waals surface area contributed by atoms with E-state index in [1.165, 1.54) is 20.5 Å². The topological polar surface area (TPSA) is 12.9 Å². The predicted molar refractivity (Wildman–Crippen MR) is 77.0 cm³/mol. The number of nitrogens with zero attached hydrogens (tertiary/aromatic N) is 1. The van der Waals surface area contributed by atoms with Crippen LogP contribution in [0.4, 0.5) is 0 Å². The zero-order valence-electron chi connectivity index (χ0n) is 11.6. The highest BCUT2D eigenvalue weighted by Gasteiger charge is 2.29. The van der Waals surface area contributed by atoms with Crippen molar-refractivity contribution in [2.45, 2.75) is 52.4 Å². The molecule has 2 rings (SSSR count). The van der Waals surface area contributed by atoms with Gasteiger partial charge in [0.05, 0.1) is 0 Å². The highest BCUT2D eigenvalue weighted by molar-refractivity contribution is 7.19. The first-order valence-electron chi connectivity index (χ1n) is 6.09. The summed E-state index contributed by atoms with van der Waals surface area (Å²) in [4.78, 5) is 5.78. The number of thiophene rings is 1. The zero-order valence-corrected chi connectivity index (χ0v) is 12.4. The molecule has 17 heavy (non-hydrogen) atoms. The van der Waals surface area contributed by atoms with Gasteiger partial charge in [0.15, 0.2) is 0 Å². The Hall–Kier alpha value is -0.890. The fraction of sp³-hybridized carbons (Fsp3) is 0.533. The van der Waals surface area contributed by atoms with E-state index in [4.69, 9.17) is 0 Å². The third-order valence-corrected chi connectivity index (χ3v) is 4.52. The van der Waals surface area contributed by atoms with Crippen molar-refractivity contribution in [3.8, 4) is 0 Å². The van der Waals surface area contributed by atoms with Crippen molar-refractivity contribution in [3.63, 3.8) is 0 Å². The molecule has 0 atom stereocenters. The molecule has 0 saturated heterocycles. The second kappa shape index (κ2) is 3.81. The van der Waals surface area contributed by atoms with E-state index in [-0.39, 0.29) is 10.8 Å². The summed E-state index contributed by atoms with van der Waals surface area (Å²) >= 11 is 1.92. The molecular formula is C15H21NS. The van der Waals surface area contributed by atoms with Crippen molar-refractivity contribution in [2.75, 3.05) is 0 Å². The molecule has 0 aliphatic rings. The van der Waals surface area contributed by atoms with Crippen molar-refractivity contribution in [3.05, 3.63) is 28.9 Å². The van der Waals surface area contributed by atoms with Crippen LogP contribution in [0.2, 0.25) is 0 Å². The van der Waals surface area contributed by atoms with Crippen LogP contribution in [-0.2, 0) is 10.8 Å². The van der Waals surface area contributed by atoms with Gasteiger partial charge >= 0.3 is 0 Å². The Kier molecular flexibility index (Phi) is 2.81. The van der Waals surface area contributed by atoms with Gasteiger partial charge in [-0.2, -0.15) is 0 Å². The number of rotatable bonds is 0. The number of hydrogen-bond acceptors (Lipinski definition) is 2. The third-order valence-electron chi connectivity index (χ3n) is 2.92. The minimum Gasteiger partial charge on any atom is -0.264 e. The second-order valence-electron chi connectivity index (χ2n) is 6.68. The van der Waals surface area contributed by atoms with Gasteiger partial charge in [-0.1, -0.05) is 41.5 Å². The lowest BCUT2D eigenvalue weighted by molar-refractivity contribution is 0.545. The van der Waals surface area contributed by atoms with Crippen molar-refractivity contribution >= 4 is 21.4 Å². The predicted octanol–water partition coefficient (Wildman–Crippen LogP) is 4.89. The molecule has 0 bridgehead atoms. The molecule has 0 spiro atoms. The van der Waals surface area contributed by atoms with Crippen molar-refractivity contribution in [1.29, 1.82) is 0 Å². The molecular weight excluding hydrogens is 226 g/mol. The minimum absolute atomic E-state index is 0.171. The number of fused-ring (bicyclic) bond motifs is 1. The molecule has 1 nitrogen and oxygen atoms in total. The fourth-order valence-corrected chi connectivity index (χ4v) is 3.65. The van der Waals surface area contributed by atoms with Crippen molar-refractivity contribution in [2.24, 2.45) is 0 Å². The molecule has 0 aliphatic carbocycles. The van der Waals surface area contributed by atoms with E-state index in [0.717, 1.165) is 0 Å². The van der Waals surface area contributed by atoms with Crippen molar-refractivity contribution in [1.82, 2.24) is 4.98 Å². The third kappa shape index (κ3) is 2.23. The molecule has 2 aromatic rings. The summed E-state index contributed by atoms with van der Waals surface area (Å²) in [7, 11) is 0. The van der Waals surface area contributed by atoms with Crippen LogP contribution in [0.15, 0.2) is 18.5 Å². The smallest absolute Gasteiger partial charge is 0.0379 e. The highest BCUT2D eigenvalue weighted by Crippen LogP contribution is 2.44. The first-order valence-corrected chi connectivity index (χ1v) is 6.90. The quantitative estimate of drug-likeness (QED) is 0.646. The van der Waals surface area contributed by atoms with Gasteiger partial charge in [0.2, 0.25) is 0 Å². The monoisotopic (exact) mass is 247 g/mol. The van der Waals surface area contributed by atoms with Crippen molar-refractivity contribution < 1.29 is 0 Å². The summed E-state index contributed by atoms with van der Waals surface area (Å²) in [6, 6.07) is 2.13. The summed E-state index contributed by atoms with van der Waals surface area (Å²) in [5.74, 6) is 0. The Labute approximate surface area is 108 Å². The van der Waals surface area contributed by atoms with E-state index in [0.29, 0.717) is 0 Å². The molecule has 0 N–H and O–H groups in total. The van der Waals surface area contributed by atoms with E-state index in [1.54, 1.807) is 0 Å². The van der Waals surface area contributed by atoms with Gasteiger partial charge in [0, 0.05) is 27.4 Å². The van der Waals surface area contributed by atoms with E-state index in [9.17, 15) is 0 Å². The minimum atomic E-state index is 0.171. The maximum Gasteiger partial charge on any atom is 0.0379 e. The van der Waals surface area contributed by atoms with Gasteiger partial charge in [-0.15, -0.1) is 11.3 Å². The molecule has 0 aliphatic heterocycles. The Morgan fingerprint density at radius 3 is 2.18 bits per heavy atom.